The van der Waals surface area contributed by atoms with Crippen LogP contribution < -0.4 is 20.9 Å². The number of aromatic amines is 1. The summed E-state index contributed by atoms with van der Waals surface area (Å²) in [7, 11) is 0. The zero-order chi connectivity index (χ0) is 37.5. The molecule has 280 valence electrons. The Morgan fingerprint density at radius 2 is 1.75 bits per heavy atom. The van der Waals surface area contributed by atoms with Crippen molar-refractivity contribution >= 4 is 29.4 Å². The van der Waals surface area contributed by atoms with Crippen LogP contribution >= 0.6 is 0 Å². The molecule has 1 atom stereocenters. The summed E-state index contributed by atoms with van der Waals surface area (Å²) in [6.07, 6.45) is 3.63. The van der Waals surface area contributed by atoms with Crippen LogP contribution in [0.5, 0.6) is 0 Å². The van der Waals surface area contributed by atoms with Gasteiger partial charge < -0.3 is 25.4 Å². The topological polar surface area (TPSA) is 182 Å². The number of amides is 3. The van der Waals surface area contributed by atoms with Crippen LogP contribution in [0.3, 0.4) is 0 Å². The third-order valence-corrected chi connectivity index (χ3v) is 9.50. The first kappa shape index (κ1) is 37.5. The first-order valence-corrected chi connectivity index (χ1v) is 18.0. The lowest BCUT2D eigenvalue weighted by molar-refractivity contribution is -0.130. The van der Waals surface area contributed by atoms with E-state index in [9.17, 15) is 14.4 Å². The van der Waals surface area contributed by atoms with Gasteiger partial charge in [0.15, 0.2) is 0 Å². The first-order valence-electron chi connectivity index (χ1n) is 18.0. The summed E-state index contributed by atoms with van der Waals surface area (Å²) in [5.74, 6) is -0.500. The number of carbonyl (C=O) groups is 3. The van der Waals surface area contributed by atoms with Gasteiger partial charge >= 0.3 is 6.09 Å². The molecule has 2 aromatic heterocycles. The van der Waals surface area contributed by atoms with Gasteiger partial charge in [-0.25, -0.2) is 19.1 Å². The van der Waals surface area contributed by atoms with Crippen LogP contribution in [-0.2, 0) is 25.5 Å². The number of halogens is 1. The number of tetrazole rings is 1. The molecule has 2 fully saturated rings. The number of benzene rings is 2. The SMILES string of the molecule is CC(C)(C)OC(=O)NCC1CCC(C(=O)N(C(=O)[C@@H](N)Cc2ccc(-c3ccc(N4CCOCC4)nc3)c(F)c2)c2ccc(-c3nn[nH]n3)cc2)CC1. The number of aromatic nitrogens is 5. The van der Waals surface area contributed by atoms with E-state index < -0.39 is 35.4 Å². The Labute approximate surface area is 307 Å². The summed E-state index contributed by atoms with van der Waals surface area (Å²) >= 11 is 0. The summed E-state index contributed by atoms with van der Waals surface area (Å²) in [5.41, 5.74) is 8.43. The van der Waals surface area contributed by atoms with Crippen LogP contribution in [0.4, 0.5) is 20.7 Å². The molecule has 1 saturated heterocycles. The molecule has 15 heteroatoms. The highest BCUT2D eigenvalue weighted by Gasteiger charge is 2.35. The number of alkyl carbamates (subject to hydrolysis) is 1. The van der Waals surface area contributed by atoms with Crippen molar-refractivity contribution in [3.8, 4) is 22.5 Å². The van der Waals surface area contributed by atoms with E-state index in [-0.39, 0.29) is 18.2 Å². The number of carbonyl (C=O) groups excluding carboxylic acids is 3. The Balaban J connectivity index is 1.14. The highest BCUT2D eigenvalue weighted by atomic mass is 19.1. The molecule has 4 N–H and O–H groups in total. The van der Waals surface area contributed by atoms with Gasteiger partial charge in [0.1, 0.15) is 17.2 Å². The van der Waals surface area contributed by atoms with Gasteiger partial charge in [0.05, 0.1) is 24.9 Å². The maximum atomic E-state index is 15.5. The van der Waals surface area contributed by atoms with Crippen molar-refractivity contribution in [3.63, 3.8) is 0 Å². The predicted molar refractivity (Wildman–Crippen MR) is 196 cm³/mol. The monoisotopic (exact) mass is 727 g/mol. The minimum atomic E-state index is -1.13. The molecule has 1 saturated carbocycles. The fourth-order valence-corrected chi connectivity index (χ4v) is 6.70. The quantitative estimate of drug-likeness (QED) is 0.207. The van der Waals surface area contributed by atoms with Crippen molar-refractivity contribution in [1.29, 1.82) is 0 Å². The molecule has 0 spiro atoms. The van der Waals surface area contributed by atoms with Crippen molar-refractivity contribution in [1.82, 2.24) is 30.9 Å². The van der Waals surface area contributed by atoms with Crippen LogP contribution in [0.25, 0.3) is 22.5 Å². The highest BCUT2D eigenvalue weighted by molar-refractivity contribution is 6.17. The van der Waals surface area contributed by atoms with Gasteiger partial charge in [0.2, 0.25) is 11.7 Å². The smallest absolute Gasteiger partial charge is 0.407 e. The minimum absolute atomic E-state index is 0.0120. The summed E-state index contributed by atoms with van der Waals surface area (Å²) < 4.78 is 26.3. The highest BCUT2D eigenvalue weighted by Crippen LogP contribution is 2.33. The van der Waals surface area contributed by atoms with Crippen molar-refractivity contribution < 1.29 is 28.2 Å². The lowest BCUT2D eigenvalue weighted by atomic mass is 9.81. The lowest BCUT2D eigenvalue weighted by Crippen LogP contribution is -2.50. The normalized spacial score (nSPS) is 18.2. The largest absolute Gasteiger partial charge is 0.444 e. The predicted octanol–water partition coefficient (Wildman–Crippen LogP) is 4.67. The number of hydrogen-bond donors (Lipinski definition) is 3. The molecule has 14 nitrogen and oxygen atoms in total. The number of nitrogens with zero attached hydrogens (tertiary/aromatic N) is 6. The Bertz CT molecular complexity index is 1850. The molecule has 1 aliphatic heterocycles. The third kappa shape index (κ3) is 9.59. The van der Waals surface area contributed by atoms with E-state index in [0.29, 0.717) is 79.2 Å². The van der Waals surface area contributed by atoms with Gasteiger partial charge in [-0.2, -0.15) is 5.21 Å². The Morgan fingerprint density at radius 3 is 2.38 bits per heavy atom. The number of nitrogens with two attached hydrogens (primary N) is 1. The van der Waals surface area contributed by atoms with E-state index >= 15 is 4.39 Å². The Morgan fingerprint density at radius 1 is 1.04 bits per heavy atom. The zero-order valence-electron chi connectivity index (χ0n) is 30.3. The molecular formula is C38H46FN9O5. The number of morpholine rings is 1. The van der Waals surface area contributed by atoms with Crippen molar-refractivity contribution in [3.05, 3.63) is 72.2 Å². The number of pyridine rings is 1. The number of ether oxygens (including phenoxy) is 2. The molecule has 2 aliphatic rings. The molecule has 0 unspecified atom stereocenters. The van der Waals surface area contributed by atoms with E-state index in [0.717, 1.165) is 23.8 Å². The Kier molecular flexibility index (Phi) is 11.7. The fourth-order valence-electron chi connectivity index (χ4n) is 6.70. The van der Waals surface area contributed by atoms with Gasteiger partial charge in [-0.05, 0) is 112 Å². The molecule has 4 aromatic rings. The Hall–Kier alpha value is -5.28. The van der Waals surface area contributed by atoms with Gasteiger partial charge in [0, 0.05) is 48.4 Å². The van der Waals surface area contributed by atoms with Crippen LogP contribution in [0, 0.1) is 17.7 Å². The molecule has 0 bridgehead atoms. The van der Waals surface area contributed by atoms with Crippen LogP contribution in [-0.4, -0.2) is 88.0 Å². The van der Waals surface area contributed by atoms with E-state index in [1.54, 1.807) is 63.4 Å². The number of anilines is 2. The van der Waals surface area contributed by atoms with Gasteiger partial charge in [-0.15, -0.1) is 10.2 Å². The van der Waals surface area contributed by atoms with Crippen LogP contribution in [0.15, 0.2) is 60.8 Å². The fraction of sp³-hybridized carbons (Fsp3) is 0.447. The van der Waals surface area contributed by atoms with Gasteiger partial charge in [-0.1, -0.05) is 12.1 Å². The van der Waals surface area contributed by atoms with Crippen molar-refractivity contribution in [2.24, 2.45) is 17.6 Å². The molecule has 3 heterocycles. The zero-order valence-corrected chi connectivity index (χ0v) is 30.3. The molecule has 3 amide bonds. The van der Waals surface area contributed by atoms with E-state index in [4.69, 9.17) is 15.2 Å². The first-order chi connectivity index (χ1) is 25.4. The second kappa shape index (κ2) is 16.6. The second-order valence-corrected chi connectivity index (χ2v) is 14.5. The standard InChI is InChI=1S/C38H46FN9O5/c1-38(2,3)53-37(51)42-22-24-4-7-27(8-5-24)35(49)48(29-12-9-26(10-13-29)34-43-45-46-44-34)36(50)32(40)21-25-6-14-30(31(39)20-25)28-11-15-33(41-23-28)47-16-18-52-19-17-47/h6,9-15,20,23-24,27,32H,4-5,7-8,16-19,21-22,40H2,1-3H3,(H,42,51)(H,43,44,45,46)/t24?,27?,32-/m0/s1. The molecule has 0 radical (unpaired) electrons. The molecule has 2 aromatic carbocycles. The number of imide groups is 1. The van der Waals surface area contributed by atoms with Gasteiger partial charge in [0.25, 0.3) is 5.91 Å². The summed E-state index contributed by atoms with van der Waals surface area (Å²) in [6.45, 7) is 8.63. The van der Waals surface area contributed by atoms with Gasteiger partial charge in [-0.3, -0.25) is 9.59 Å². The molecular weight excluding hydrogens is 681 g/mol. The maximum Gasteiger partial charge on any atom is 0.407 e. The third-order valence-electron chi connectivity index (χ3n) is 9.50. The van der Waals surface area contributed by atoms with E-state index in [2.05, 4.69) is 35.8 Å². The van der Waals surface area contributed by atoms with Crippen molar-refractivity contribution in [2.75, 3.05) is 42.6 Å². The summed E-state index contributed by atoms with van der Waals surface area (Å²) in [6, 6.07) is 14.0. The minimum Gasteiger partial charge on any atom is -0.444 e. The number of hydrogen-bond acceptors (Lipinski definition) is 11. The molecule has 53 heavy (non-hydrogen) atoms. The lowest BCUT2D eigenvalue weighted by Gasteiger charge is -2.32. The second-order valence-electron chi connectivity index (χ2n) is 14.5. The average molecular weight is 728 g/mol. The van der Waals surface area contributed by atoms with E-state index in [1.165, 1.54) is 6.07 Å². The summed E-state index contributed by atoms with van der Waals surface area (Å²) in [5, 5.41) is 16.8. The average Bonchev–Trinajstić information content (AvgIpc) is 3.70. The number of H-pyrrole nitrogens is 1. The molecule has 1 aliphatic carbocycles. The molecule has 6 rings (SSSR count). The maximum absolute atomic E-state index is 15.5. The number of rotatable bonds is 10. The van der Waals surface area contributed by atoms with Crippen LogP contribution in [0.1, 0.15) is 52.0 Å². The summed E-state index contributed by atoms with van der Waals surface area (Å²) in [4.78, 5) is 48.2. The van der Waals surface area contributed by atoms with Crippen LogP contribution in [0.2, 0.25) is 0 Å². The number of nitrogens with one attached hydrogen (secondary N) is 2. The van der Waals surface area contributed by atoms with E-state index in [1.807, 2.05) is 12.1 Å². The van der Waals surface area contributed by atoms with Crippen molar-refractivity contribution in [2.45, 2.75) is 64.5 Å².